The van der Waals surface area contributed by atoms with E-state index < -0.39 is 0 Å². The summed E-state index contributed by atoms with van der Waals surface area (Å²) in [5.74, 6) is 0.365. The lowest BCUT2D eigenvalue weighted by Gasteiger charge is -2.13. The predicted molar refractivity (Wildman–Crippen MR) is 68.9 cm³/mol. The summed E-state index contributed by atoms with van der Waals surface area (Å²) in [6, 6.07) is 4.66. The molecule has 0 radical (unpaired) electrons. The third kappa shape index (κ3) is 5.48. The minimum atomic E-state index is -0.281. The number of ether oxygens (including phenoxy) is 2. The standard InChI is InChI=1S/C12H17BrFNO2/c1-9(8-16-2)15-5-6-17-12-4-3-10(14)7-11(12)13/h3-4,7,9,15H,5-6,8H2,1-2H3. The summed E-state index contributed by atoms with van der Waals surface area (Å²) in [6.45, 7) is 3.95. The molecule has 0 aromatic heterocycles. The summed E-state index contributed by atoms with van der Waals surface area (Å²) < 4.78 is 23.9. The van der Waals surface area contributed by atoms with Crippen LogP contribution in [0.25, 0.3) is 0 Å². The summed E-state index contributed by atoms with van der Waals surface area (Å²) in [5.41, 5.74) is 0. The van der Waals surface area contributed by atoms with Gasteiger partial charge in [0.2, 0.25) is 0 Å². The molecule has 0 heterocycles. The summed E-state index contributed by atoms with van der Waals surface area (Å²) in [6.07, 6.45) is 0. The van der Waals surface area contributed by atoms with Crippen molar-refractivity contribution < 1.29 is 13.9 Å². The fourth-order valence-electron chi connectivity index (χ4n) is 1.37. The third-order valence-corrected chi connectivity index (χ3v) is 2.78. The van der Waals surface area contributed by atoms with E-state index in [0.29, 0.717) is 36.0 Å². The highest BCUT2D eigenvalue weighted by Crippen LogP contribution is 2.25. The summed E-state index contributed by atoms with van der Waals surface area (Å²) in [4.78, 5) is 0. The molecule has 0 fully saturated rings. The van der Waals surface area contributed by atoms with Crippen molar-refractivity contribution in [3.63, 3.8) is 0 Å². The molecule has 1 N–H and O–H groups in total. The van der Waals surface area contributed by atoms with E-state index in [1.807, 2.05) is 6.92 Å². The van der Waals surface area contributed by atoms with Gasteiger partial charge in [0, 0.05) is 19.7 Å². The Morgan fingerprint density at radius 1 is 1.47 bits per heavy atom. The monoisotopic (exact) mass is 305 g/mol. The van der Waals surface area contributed by atoms with Gasteiger partial charge < -0.3 is 14.8 Å². The summed E-state index contributed by atoms with van der Waals surface area (Å²) in [5, 5.41) is 3.25. The van der Waals surface area contributed by atoms with E-state index in [1.165, 1.54) is 12.1 Å². The highest BCUT2D eigenvalue weighted by Gasteiger charge is 2.03. The van der Waals surface area contributed by atoms with E-state index in [0.717, 1.165) is 0 Å². The molecule has 0 amide bonds. The van der Waals surface area contributed by atoms with Crippen molar-refractivity contribution in [3.8, 4) is 5.75 Å². The number of hydrogen-bond donors (Lipinski definition) is 1. The molecule has 0 aliphatic carbocycles. The molecule has 0 saturated heterocycles. The van der Waals surface area contributed by atoms with Gasteiger partial charge in [-0.2, -0.15) is 0 Å². The normalized spacial score (nSPS) is 12.5. The third-order valence-electron chi connectivity index (χ3n) is 2.16. The Hall–Kier alpha value is -0.650. The minimum Gasteiger partial charge on any atom is -0.491 e. The van der Waals surface area contributed by atoms with E-state index in [1.54, 1.807) is 13.2 Å². The van der Waals surface area contributed by atoms with E-state index in [-0.39, 0.29) is 5.82 Å². The molecular formula is C12H17BrFNO2. The van der Waals surface area contributed by atoms with Crippen molar-refractivity contribution in [1.82, 2.24) is 5.32 Å². The SMILES string of the molecule is COCC(C)NCCOc1ccc(F)cc1Br. The van der Waals surface area contributed by atoms with Gasteiger partial charge >= 0.3 is 0 Å². The summed E-state index contributed by atoms with van der Waals surface area (Å²) >= 11 is 3.25. The van der Waals surface area contributed by atoms with E-state index in [2.05, 4.69) is 21.2 Å². The number of rotatable bonds is 7. The van der Waals surface area contributed by atoms with Crippen LogP contribution in [0.4, 0.5) is 4.39 Å². The van der Waals surface area contributed by atoms with Crippen molar-refractivity contribution in [1.29, 1.82) is 0 Å². The quantitative estimate of drug-likeness (QED) is 0.786. The van der Waals surface area contributed by atoms with Crippen molar-refractivity contribution in [3.05, 3.63) is 28.5 Å². The van der Waals surface area contributed by atoms with Crippen LogP contribution in [0.5, 0.6) is 5.75 Å². The first kappa shape index (κ1) is 14.4. The molecule has 5 heteroatoms. The average Bonchev–Trinajstić information content (AvgIpc) is 2.27. The Balaban J connectivity index is 2.26. The maximum atomic E-state index is 12.8. The molecule has 96 valence electrons. The second-order valence-electron chi connectivity index (χ2n) is 3.73. The van der Waals surface area contributed by atoms with Crippen LogP contribution < -0.4 is 10.1 Å². The van der Waals surface area contributed by atoms with Crippen LogP contribution in [0.3, 0.4) is 0 Å². The molecule has 1 atom stereocenters. The maximum absolute atomic E-state index is 12.8. The molecule has 0 bridgehead atoms. The molecule has 0 aliphatic heterocycles. The van der Waals surface area contributed by atoms with Crippen LogP contribution in [-0.2, 0) is 4.74 Å². The fraction of sp³-hybridized carbons (Fsp3) is 0.500. The van der Waals surface area contributed by atoms with E-state index in [9.17, 15) is 4.39 Å². The van der Waals surface area contributed by atoms with Crippen molar-refractivity contribution >= 4 is 15.9 Å². The zero-order chi connectivity index (χ0) is 12.7. The Morgan fingerprint density at radius 3 is 2.88 bits per heavy atom. The number of nitrogens with one attached hydrogen (secondary N) is 1. The topological polar surface area (TPSA) is 30.5 Å². The van der Waals surface area contributed by atoms with Gasteiger partial charge in [-0.05, 0) is 41.1 Å². The van der Waals surface area contributed by atoms with Crippen LogP contribution in [0.2, 0.25) is 0 Å². The van der Waals surface area contributed by atoms with Crippen molar-refractivity contribution in [2.24, 2.45) is 0 Å². The van der Waals surface area contributed by atoms with Gasteiger partial charge in [0.05, 0.1) is 11.1 Å². The molecule has 1 rings (SSSR count). The van der Waals surface area contributed by atoms with Gasteiger partial charge in [-0.25, -0.2) is 4.39 Å². The van der Waals surface area contributed by atoms with Gasteiger partial charge in [-0.3, -0.25) is 0 Å². The molecular weight excluding hydrogens is 289 g/mol. The fourth-order valence-corrected chi connectivity index (χ4v) is 1.83. The van der Waals surface area contributed by atoms with Gasteiger partial charge in [0.25, 0.3) is 0 Å². The van der Waals surface area contributed by atoms with Crippen LogP contribution in [0, 0.1) is 5.82 Å². The van der Waals surface area contributed by atoms with Gasteiger partial charge in [-0.1, -0.05) is 0 Å². The zero-order valence-electron chi connectivity index (χ0n) is 10.0. The number of halogens is 2. The lowest BCUT2D eigenvalue weighted by molar-refractivity contribution is 0.169. The first-order valence-corrected chi connectivity index (χ1v) is 6.23. The Bertz CT molecular complexity index is 349. The number of hydrogen-bond acceptors (Lipinski definition) is 3. The highest BCUT2D eigenvalue weighted by atomic mass is 79.9. The first-order chi connectivity index (χ1) is 8.13. The highest BCUT2D eigenvalue weighted by molar-refractivity contribution is 9.10. The van der Waals surface area contributed by atoms with Gasteiger partial charge in [-0.15, -0.1) is 0 Å². The van der Waals surface area contributed by atoms with Crippen molar-refractivity contribution in [2.75, 3.05) is 26.9 Å². The minimum absolute atomic E-state index is 0.281. The first-order valence-electron chi connectivity index (χ1n) is 5.43. The predicted octanol–water partition coefficient (Wildman–Crippen LogP) is 2.59. The largest absolute Gasteiger partial charge is 0.491 e. The Kier molecular flexibility index (Phi) is 6.47. The lowest BCUT2D eigenvalue weighted by Crippen LogP contribution is -2.33. The summed E-state index contributed by atoms with van der Waals surface area (Å²) in [7, 11) is 1.67. The number of methoxy groups -OCH3 is 1. The van der Waals surface area contributed by atoms with E-state index in [4.69, 9.17) is 9.47 Å². The Morgan fingerprint density at radius 2 is 2.24 bits per heavy atom. The molecule has 1 aromatic carbocycles. The van der Waals surface area contributed by atoms with E-state index >= 15 is 0 Å². The zero-order valence-corrected chi connectivity index (χ0v) is 11.6. The lowest BCUT2D eigenvalue weighted by atomic mass is 10.3. The smallest absolute Gasteiger partial charge is 0.133 e. The van der Waals surface area contributed by atoms with Crippen LogP contribution in [0.1, 0.15) is 6.92 Å². The molecule has 3 nitrogen and oxygen atoms in total. The molecule has 0 saturated carbocycles. The van der Waals surface area contributed by atoms with Gasteiger partial charge in [0.1, 0.15) is 18.2 Å². The average molecular weight is 306 g/mol. The molecule has 0 spiro atoms. The van der Waals surface area contributed by atoms with Crippen LogP contribution in [-0.4, -0.2) is 32.9 Å². The Labute approximate surface area is 109 Å². The van der Waals surface area contributed by atoms with Crippen LogP contribution in [0.15, 0.2) is 22.7 Å². The maximum Gasteiger partial charge on any atom is 0.133 e. The molecule has 17 heavy (non-hydrogen) atoms. The van der Waals surface area contributed by atoms with Crippen LogP contribution >= 0.6 is 15.9 Å². The second-order valence-corrected chi connectivity index (χ2v) is 4.59. The molecule has 0 aliphatic rings. The number of benzene rings is 1. The second kappa shape index (κ2) is 7.63. The molecule has 1 aromatic rings. The molecule has 1 unspecified atom stereocenters. The van der Waals surface area contributed by atoms with Crippen molar-refractivity contribution in [2.45, 2.75) is 13.0 Å². The van der Waals surface area contributed by atoms with Gasteiger partial charge in [0.15, 0.2) is 0 Å².